The van der Waals surface area contributed by atoms with Gasteiger partial charge in [-0.1, -0.05) is 0 Å². The number of aryl methyl sites for hydroxylation is 1. The molecule has 7 nitrogen and oxygen atoms in total. The maximum absolute atomic E-state index is 5.06. The maximum atomic E-state index is 5.06. The molecule has 1 fully saturated rings. The van der Waals surface area contributed by atoms with Gasteiger partial charge in [-0.3, -0.25) is 0 Å². The van der Waals surface area contributed by atoms with Crippen LogP contribution in [0.5, 0.6) is 0 Å². The first-order valence-corrected chi connectivity index (χ1v) is 8.13. The molecular weight excluding hydrogens is 300 g/mol. The van der Waals surface area contributed by atoms with Crippen LogP contribution in [0.1, 0.15) is 24.4 Å². The van der Waals surface area contributed by atoms with Gasteiger partial charge in [0.05, 0.1) is 0 Å². The van der Waals surface area contributed by atoms with Gasteiger partial charge in [-0.15, -0.1) is 0 Å². The lowest BCUT2D eigenvalue weighted by Gasteiger charge is -2.32. The minimum Gasteiger partial charge on any atom is -0.377 e. The van der Waals surface area contributed by atoms with Crippen molar-refractivity contribution in [1.82, 2.24) is 19.3 Å². The average molecular weight is 320 g/mol. The largest absolute Gasteiger partial charge is 0.377 e. The van der Waals surface area contributed by atoms with E-state index in [9.17, 15) is 0 Å². The smallest absolute Gasteiger partial charge is 0.205 e. The average Bonchev–Trinajstić information content (AvgIpc) is 2.97. The second kappa shape index (κ2) is 6.97. The zero-order chi connectivity index (χ0) is 15.4. The molecule has 1 aliphatic heterocycles. The first kappa shape index (κ1) is 15.1. The summed E-state index contributed by atoms with van der Waals surface area (Å²) in [6.07, 6.45) is 3.72. The second-order valence-corrected chi connectivity index (χ2v) is 6.11. The van der Waals surface area contributed by atoms with Crippen molar-refractivity contribution in [2.45, 2.75) is 32.4 Å². The molecule has 0 amide bonds. The minimum atomic E-state index is 0.442. The van der Waals surface area contributed by atoms with Gasteiger partial charge in [0.2, 0.25) is 5.13 Å². The Hall–Kier alpha value is -1.80. The summed E-state index contributed by atoms with van der Waals surface area (Å²) in [7, 11) is 1.66. The molecule has 0 aliphatic carbocycles. The Balaban J connectivity index is 1.53. The summed E-state index contributed by atoms with van der Waals surface area (Å²) in [5.74, 6) is 1.67. The Kier molecular flexibility index (Phi) is 4.79. The normalized spacial score (nSPS) is 16.0. The second-order valence-electron chi connectivity index (χ2n) is 5.38. The first-order chi connectivity index (χ1) is 10.7. The summed E-state index contributed by atoms with van der Waals surface area (Å²) < 4.78 is 9.37. The van der Waals surface area contributed by atoms with Crippen molar-refractivity contribution in [2.24, 2.45) is 0 Å². The van der Waals surface area contributed by atoms with Crippen LogP contribution in [-0.2, 0) is 11.3 Å². The minimum absolute atomic E-state index is 0.442. The van der Waals surface area contributed by atoms with Crippen LogP contribution in [0.3, 0.4) is 0 Å². The lowest BCUT2D eigenvalue weighted by atomic mass is 10.1. The zero-order valence-corrected chi connectivity index (χ0v) is 13.6. The molecule has 0 saturated carbocycles. The molecule has 0 aromatic carbocycles. The lowest BCUT2D eigenvalue weighted by Crippen LogP contribution is -2.39. The summed E-state index contributed by atoms with van der Waals surface area (Å²) in [4.78, 5) is 15.2. The topological polar surface area (TPSA) is 76.1 Å². The van der Waals surface area contributed by atoms with Gasteiger partial charge >= 0.3 is 0 Å². The number of hydrogen-bond donors (Lipinski definition) is 1. The Labute approximate surface area is 133 Å². The molecule has 0 unspecified atom stereocenters. The molecule has 118 valence electrons. The van der Waals surface area contributed by atoms with Crippen LogP contribution in [0.4, 0.5) is 10.9 Å². The van der Waals surface area contributed by atoms with E-state index in [1.165, 1.54) is 11.5 Å². The molecule has 1 N–H and O–H groups in total. The molecule has 0 atom stereocenters. The molecule has 1 aliphatic rings. The maximum Gasteiger partial charge on any atom is 0.205 e. The third-order valence-electron chi connectivity index (χ3n) is 3.65. The van der Waals surface area contributed by atoms with E-state index in [1.807, 2.05) is 13.0 Å². The Morgan fingerprint density at radius 1 is 1.36 bits per heavy atom. The molecule has 22 heavy (non-hydrogen) atoms. The summed E-state index contributed by atoms with van der Waals surface area (Å²) in [5, 5.41) is 4.48. The Morgan fingerprint density at radius 3 is 2.91 bits per heavy atom. The van der Waals surface area contributed by atoms with Gasteiger partial charge in [0, 0.05) is 49.5 Å². The fraction of sp³-hybridized carbons (Fsp3) is 0.571. The zero-order valence-electron chi connectivity index (χ0n) is 12.8. The van der Waals surface area contributed by atoms with E-state index in [0.717, 1.165) is 48.4 Å². The van der Waals surface area contributed by atoms with Crippen LogP contribution in [0.25, 0.3) is 0 Å². The highest BCUT2D eigenvalue weighted by Gasteiger charge is 2.22. The predicted molar refractivity (Wildman–Crippen MR) is 86.2 cm³/mol. The van der Waals surface area contributed by atoms with Gasteiger partial charge in [-0.25, -0.2) is 15.0 Å². The molecule has 3 heterocycles. The van der Waals surface area contributed by atoms with Crippen LogP contribution in [0.15, 0.2) is 12.4 Å². The quantitative estimate of drug-likeness (QED) is 0.901. The number of nitrogens with zero attached hydrogens (tertiary/aromatic N) is 5. The number of ether oxygens (including phenoxy) is 1. The van der Waals surface area contributed by atoms with Crippen molar-refractivity contribution in [3.8, 4) is 0 Å². The number of anilines is 2. The third-order valence-corrected chi connectivity index (χ3v) is 4.47. The number of nitrogens with one attached hydrogen (secondary N) is 1. The number of piperidine rings is 1. The van der Waals surface area contributed by atoms with Crippen molar-refractivity contribution in [2.75, 3.05) is 30.4 Å². The summed E-state index contributed by atoms with van der Waals surface area (Å²) in [6, 6.07) is 2.42. The number of rotatable bonds is 5. The number of aromatic nitrogens is 4. The van der Waals surface area contributed by atoms with Crippen molar-refractivity contribution in [3.63, 3.8) is 0 Å². The summed E-state index contributed by atoms with van der Waals surface area (Å²) >= 11 is 1.45. The van der Waals surface area contributed by atoms with Gasteiger partial charge in [0.15, 0.2) is 5.82 Å². The molecule has 2 aromatic heterocycles. The van der Waals surface area contributed by atoms with E-state index >= 15 is 0 Å². The van der Waals surface area contributed by atoms with E-state index in [0.29, 0.717) is 12.6 Å². The van der Waals surface area contributed by atoms with E-state index in [1.54, 1.807) is 13.4 Å². The van der Waals surface area contributed by atoms with Crippen LogP contribution in [0.2, 0.25) is 0 Å². The highest BCUT2D eigenvalue weighted by atomic mass is 32.1. The fourth-order valence-corrected chi connectivity index (χ4v) is 3.24. The first-order valence-electron chi connectivity index (χ1n) is 7.36. The van der Waals surface area contributed by atoms with Crippen LogP contribution in [-0.4, -0.2) is 45.6 Å². The van der Waals surface area contributed by atoms with Gasteiger partial charge in [0.25, 0.3) is 0 Å². The number of hydrogen-bond acceptors (Lipinski definition) is 8. The van der Waals surface area contributed by atoms with Crippen LogP contribution < -0.4 is 10.2 Å². The monoisotopic (exact) mass is 320 g/mol. The molecule has 0 bridgehead atoms. The van der Waals surface area contributed by atoms with Crippen LogP contribution in [0, 0.1) is 6.92 Å². The lowest BCUT2D eigenvalue weighted by molar-refractivity contribution is 0.179. The van der Waals surface area contributed by atoms with E-state index in [2.05, 4.69) is 29.5 Å². The van der Waals surface area contributed by atoms with Gasteiger partial charge in [0.1, 0.15) is 18.8 Å². The van der Waals surface area contributed by atoms with Gasteiger partial charge in [-0.05, 0) is 19.8 Å². The molecule has 3 rings (SSSR count). The number of methoxy groups -OCH3 is 1. The van der Waals surface area contributed by atoms with Crippen molar-refractivity contribution in [3.05, 3.63) is 23.9 Å². The summed E-state index contributed by atoms with van der Waals surface area (Å²) in [6.45, 7) is 4.40. The van der Waals surface area contributed by atoms with E-state index in [4.69, 9.17) is 4.74 Å². The molecule has 8 heteroatoms. The molecule has 1 saturated heterocycles. The van der Waals surface area contributed by atoms with Crippen molar-refractivity contribution >= 4 is 22.5 Å². The highest BCUT2D eigenvalue weighted by Crippen LogP contribution is 2.23. The van der Waals surface area contributed by atoms with Crippen LogP contribution >= 0.6 is 11.5 Å². The fourth-order valence-electron chi connectivity index (χ4n) is 2.52. The van der Waals surface area contributed by atoms with Crippen molar-refractivity contribution < 1.29 is 4.74 Å². The van der Waals surface area contributed by atoms with Gasteiger partial charge < -0.3 is 15.0 Å². The standard InChI is InChI=1S/C14H20N6OS/c1-10-7-12(16-9-15-10)17-11-3-5-20(6-4-11)14-18-13(8-21-2)19-22-14/h7,9,11H,3-6,8H2,1-2H3,(H,15,16,17). The van der Waals surface area contributed by atoms with E-state index < -0.39 is 0 Å². The SMILES string of the molecule is COCc1nsc(N2CCC(Nc3cc(C)ncn3)CC2)n1. The molecular formula is C14H20N6OS. The molecule has 0 spiro atoms. The van der Waals surface area contributed by atoms with Gasteiger partial charge in [-0.2, -0.15) is 4.37 Å². The third kappa shape index (κ3) is 3.69. The van der Waals surface area contributed by atoms with Crippen molar-refractivity contribution in [1.29, 1.82) is 0 Å². The predicted octanol–water partition coefficient (Wildman–Crippen LogP) is 1.86. The Bertz CT molecular complexity index is 611. The molecule has 0 radical (unpaired) electrons. The van der Waals surface area contributed by atoms with E-state index in [-0.39, 0.29) is 0 Å². The summed E-state index contributed by atoms with van der Waals surface area (Å²) in [5.41, 5.74) is 0.981. The Morgan fingerprint density at radius 2 is 2.18 bits per heavy atom. The highest BCUT2D eigenvalue weighted by molar-refractivity contribution is 7.09. The molecule has 2 aromatic rings.